The number of carbonyl (C=O) groups excluding carboxylic acids is 1. The van der Waals surface area contributed by atoms with Gasteiger partial charge in [0.25, 0.3) is 5.76 Å². The molecule has 1 aromatic heterocycles. The van der Waals surface area contributed by atoms with Crippen LogP contribution in [0.5, 0.6) is 23.0 Å². The summed E-state index contributed by atoms with van der Waals surface area (Å²) in [6.07, 6.45) is -4.79. The van der Waals surface area contributed by atoms with Crippen LogP contribution in [0, 0.1) is 0 Å². The van der Waals surface area contributed by atoms with Crippen molar-refractivity contribution in [3.63, 3.8) is 0 Å². The third kappa shape index (κ3) is 6.36. The van der Waals surface area contributed by atoms with E-state index in [0.29, 0.717) is 17.2 Å². The molecule has 0 unspecified atom stereocenters. The summed E-state index contributed by atoms with van der Waals surface area (Å²) >= 11 is 12.0. The molecule has 0 spiro atoms. The first-order chi connectivity index (χ1) is 17.6. The summed E-state index contributed by atoms with van der Waals surface area (Å²) in [5.41, 5.74) is -1.50. The highest BCUT2D eigenvalue weighted by Crippen LogP contribution is 2.39. The Labute approximate surface area is 218 Å². The number of benzene rings is 3. The molecule has 0 aliphatic carbocycles. The van der Waals surface area contributed by atoms with Crippen molar-refractivity contribution in [2.75, 3.05) is 6.61 Å². The van der Waals surface area contributed by atoms with Crippen LogP contribution >= 0.6 is 23.2 Å². The average Bonchev–Trinajstić information content (AvgIpc) is 2.85. The van der Waals surface area contributed by atoms with E-state index in [2.05, 4.69) is 0 Å². The smallest absolute Gasteiger partial charge is 0.453 e. The van der Waals surface area contributed by atoms with Gasteiger partial charge in [-0.05, 0) is 42.8 Å². The molecule has 0 aliphatic heterocycles. The number of hydrogen-bond acceptors (Lipinski definition) is 6. The van der Waals surface area contributed by atoms with E-state index in [9.17, 15) is 22.8 Å². The largest absolute Gasteiger partial charge is 0.492 e. The summed E-state index contributed by atoms with van der Waals surface area (Å²) in [7, 11) is 0. The van der Waals surface area contributed by atoms with Crippen LogP contribution in [-0.2, 0) is 11.0 Å². The molecule has 6 nitrogen and oxygen atoms in total. The lowest BCUT2D eigenvalue weighted by molar-refractivity contribution is -0.154. The van der Waals surface area contributed by atoms with Gasteiger partial charge in [0, 0.05) is 12.5 Å². The molecule has 37 heavy (non-hydrogen) atoms. The average molecular weight is 553 g/mol. The molecule has 0 amide bonds. The Kier molecular flexibility index (Phi) is 7.94. The van der Waals surface area contributed by atoms with Gasteiger partial charge in [0.15, 0.2) is 0 Å². The lowest BCUT2D eigenvalue weighted by Crippen LogP contribution is -2.16. The van der Waals surface area contributed by atoms with Crippen LogP contribution in [0.2, 0.25) is 10.0 Å². The molecule has 0 bridgehead atoms. The van der Waals surface area contributed by atoms with Crippen LogP contribution in [0.4, 0.5) is 13.2 Å². The zero-order valence-electron chi connectivity index (χ0n) is 18.8. The van der Waals surface area contributed by atoms with E-state index in [1.165, 1.54) is 30.3 Å². The van der Waals surface area contributed by atoms with Crippen molar-refractivity contribution in [3.05, 3.63) is 92.8 Å². The van der Waals surface area contributed by atoms with Crippen LogP contribution in [0.1, 0.15) is 18.6 Å². The topological polar surface area (TPSA) is 75.0 Å². The van der Waals surface area contributed by atoms with E-state index in [1.807, 2.05) is 0 Å². The van der Waals surface area contributed by atoms with Crippen LogP contribution in [0.15, 0.2) is 75.9 Å². The maximum atomic E-state index is 13.7. The standard InChI is InChI=1S/C26H17Cl2F3O6/c27-17-6-1-3-8-19(17)34-13-5-10-22(32)35-15-11-12-16-21(14-15)37-25(26(29,30)31)24(23(16)33)36-20-9-4-2-7-18(20)28/h1-4,6-9,11-12,14H,5,10,13H2. The molecular formula is C26H17Cl2F3O6. The fraction of sp³-hybridized carbons (Fsp3) is 0.154. The van der Waals surface area contributed by atoms with Crippen molar-refractivity contribution in [1.82, 2.24) is 0 Å². The number of carbonyl (C=O) groups is 1. The van der Waals surface area contributed by atoms with Crippen molar-refractivity contribution < 1.29 is 36.6 Å². The monoisotopic (exact) mass is 552 g/mol. The lowest BCUT2D eigenvalue weighted by Gasteiger charge is -2.14. The maximum absolute atomic E-state index is 13.7. The van der Waals surface area contributed by atoms with Gasteiger partial charge in [0.1, 0.15) is 22.8 Å². The highest BCUT2D eigenvalue weighted by atomic mass is 35.5. The number of alkyl halides is 3. The fourth-order valence-electron chi connectivity index (χ4n) is 3.28. The number of fused-ring (bicyclic) bond motifs is 1. The molecule has 0 N–H and O–H groups in total. The summed E-state index contributed by atoms with van der Waals surface area (Å²) in [4.78, 5) is 25.1. The third-order valence-electron chi connectivity index (χ3n) is 4.98. The molecule has 3 aromatic carbocycles. The molecule has 11 heteroatoms. The molecular weight excluding hydrogens is 536 g/mol. The molecule has 4 rings (SSSR count). The van der Waals surface area contributed by atoms with Crippen molar-refractivity contribution >= 4 is 40.1 Å². The van der Waals surface area contributed by atoms with Crippen LogP contribution in [-0.4, -0.2) is 12.6 Å². The Bertz CT molecular complexity index is 1500. The van der Waals surface area contributed by atoms with E-state index < -0.39 is 34.7 Å². The molecule has 0 radical (unpaired) electrons. The Morgan fingerprint density at radius 3 is 2.22 bits per heavy atom. The SMILES string of the molecule is O=C(CCCOc1ccccc1Cl)Oc1ccc2c(=O)c(Oc3ccccc3Cl)c(C(F)(F)F)oc2c1. The van der Waals surface area contributed by atoms with Gasteiger partial charge < -0.3 is 18.6 Å². The van der Waals surface area contributed by atoms with E-state index in [1.54, 1.807) is 30.3 Å². The molecule has 0 saturated heterocycles. The minimum atomic E-state index is -5.06. The number of ether oxygens (including phenoxy) is 3. The van der Waals surface area contributed by atoms with Crippen molar-refractivity contribution in [2.45, 2.75) is 19.0 Å². The zero-order valence-corrected chi connectivity index (χ0v) is 20.3. The molecule has 1 heterocycles. The highest BCUT2D eigenvalue weighted by molar-refractivity contribution is 6.32. The van der Waals surface area contributed by atoms with Crippen LogP contribution in [0.25, 0.3) is 11.0 Å². The maximum Gasteiger partial charge on any atom is 0.453 e. The summed E-state index contributed by atoms with van der Waals surface area (Å²) in [6.45, 7) is 0.189. The van der Waals surface area contributed by atoms with Gasteiger partial charge in [-0.15, -0.1) is 0 Å². The summed E-state index contributed by atoms with van der Waals surface area (Å²) in [6, 6.07) is 16.1. The number of hydrogen-bond donors (Lipinski definition) is 0. The summed E-state index contributed by atoms with van der Waals surface area (Å²) in [5, 5.41) is 0.235. The van der Waals surface area contributed by atoms with Crippen molar-refractivity contribution in [1.29, 1.82) is 0 Å². The predicted octanol–water partition coefficient (Wildman–Crippen LogP) is 7.68. The van der Waals surface area contributed by atoms with E-state index in [0.717, 1.165) is 6.07 Å². The molecule has 4 aromatic rings. The Morgan fingerprint density at radius 1 is 0.919 bits per heavy atom. The van der Waals surface area contributed by atoms with Gasteiger partial charge in [-0.2, -0.15) is 13.2 Å². The van der Waals surface area contributed by atoms with Crippen molar-refractivity contribution in [2.24, 2.45) is 0 Å². The first-order valence-electron chi connectivity index (χ1n) is 10.8. The lowest BCUT2D eigenvalue weighted by atomic mass is 10.2. The molecule has 0 atom stereocenters. The van der Waals surface area contributed by atoms with Gasteiger partial charge in [-0.3, -0.25) is 9.59 Å². The Hall–Kier alpha value is -3.69. The third-order valence-corrected chi connectivity index (χ3v) is 5.60. The number of esters is 1. The second kappa shape index (κ2) is 11.1. The predicted molar refractivity (Wildman–Crippen MR) is 131 cm³/mol. The van der Waals surface area contributed by atoms with Gasteiger partial charge >= 0.3 is 12.1 Å². The molecule has 192 valence electrons. The first kappa shape index (κ1) is 26.4. The van der Waals surface area contributed by atoms with E-state index >= 15 is 0 Å². The second-order valence-corrected chi connectivity index (χ2v) is 8.45. The normalized spacial score (nSPS) is 11.4. The quantitative estimate of drug-likeness (QED) is 0.127. The molecule has 0 saturated carbocycles. The van der Waals surface area contributed by atoms with E-state index in [-0.39, 0.29) is 34.9 Å². The van der Waals surface area contributed by atoms with Gasteiger partial charge in [0.05, 0.1) is 22.0 Å². The van der Waals surface area contributed by atoms with E-state index in [4.69, 9.17) is 41.8 Å². The fourth-order valence-corrected chi connectivity index (χ4v) is 3.64. The summed E-state index contributed by atoms with van der Waals surface area (Å²) in [5.74, 6) is -3.13. The second-order valence-electron chi connectivity index (χ2n) is 7.63. The van der Waals surface area contributed by atoms with Crippen LogP contribution < -0.4 is 19.6 Å². The molecule has 0 fully saturated rings. The number of para-hydroxylation sites is 2. The minimum Gasteiger partial charge on any atom is -0.492 e. The number of halogens is 5. The highest BCUT2D eigenvalue weighted by Gasteiger charge is 2.40. The first-order valence-corrected chi connectivity index (χ1v) is 11.6. The Balaban J connectivity index is 1.51. The minimum absolute atomic E-state index is 0.00893. The van der Waals surface area contributed by atoms with Gasteiger partial charge in [0.2, 0.25) is 11.2 Å². The molecule has 0 aliphatic rings. The Morgan fingerprint density at radius 2 is 1.57 bits per heavy atom. The van der Waals surface area contributed by atoms with Gasteiger partial charge in [-0.25, -0.2) is 0 Å². The van der Waals surface area contributed by atoms with Gasteiger partial charge in [-0.1, -0.05) is 47.5 Å². The number of rotatable bonds is 8. The van der Waals surface area contributed by atoms with Crippen LogP contribution in [0.3, 0.4) is 0 Å². The summed E-state index contributed by atoms with van der Waals surface area (Å²) < 4.78 is 62.2. The zero-order chi connectivity index (χ0) is 26.6. The van der Waals surface area contributed by atoms with Crippen molar-refractivity contribution in [3.8, 4) is 23.0 Å².